The molecular weight excluding hydrogens is 294 g/mol. The van der Waals surface area contributed by atoms with Gasteiger partial charge in [-0.2, -0.15) is 4.98 Å². The Labute approximate surface area is 133 Å². The topological polar surface area (TPSA) is 81.9 Å². The van der Waals surface area contributed by atoms with E-state index in [2.05, 4.69) is 20.3 Å². The van der Waals surface area contributed by atoms with Crippen molar-refractivity contribution in [1.29, 1.82) is 0 Å². The molecule has 3 rings (SSSR count). The lowest BCUT2D eigenvalue weighted by molar-refractivity contribution is 0.0635. The molecule has 3 aromatic rings. The van der Waals surface area contributed by atoms with Crippen molar-refractivity contribution in [3.05, 3.63) is 42.9 Å². The maximum Gasteiger partial charge on any atom is 0.413 e. The molecule has 0 saturated heterocycles. The first-order valence-corrected chi connectivity index (χ1v) is 7.18. The van der Waals surface area contributed by atoms with Gasteiger partial charge in [-0.25, -0.2) is 14.8 Å². The number of para-hydroxylation sites is 2. The number of imidazole rings is 1. The maximum absolute atomic E-state index is 11.8. The van der Waals surface area contributed by atoms with E-state index in [4.69, 9.17) is 4.74 Å². The number of nitrogens with zero attached hydrogens (tertiary/aromatic N) is 4. The number of fused-ring (bicyclic) bond motifs is 1. The Morgan fingerprint density at radius 1 is 1.17 bits per heavy atom. The minimum absolute atomic E-state index is 0.363. The molecule has 1 N–H and O–H groups in total. The summed E-state index contributed by atoms with van der Waals surface area (Å²) in [6.07, 6.45) is 2.67. The predicted molar refractivity (Wildman–Crippen MR) is 86.5 cm³/mol. The summed E-state index contributed by atoms with van der Waals surface area (Å²) in [4.78, 5) is 24.7. The van der Waals surface area contributed by atoms with Crippen molar-refractivity contribution in [2.75, 3.05) is 5.32 Å². The van der Waals surface area contributed by atoms with E-state index >= 15 is 0 Å². The van der Waals surface area contributed by atoms with E-state index in [1.165, 1.54) is 0 Å². The van der Waals surface area contributed by atoms with Crippen LogP contribution in [0.4, 0.5) is 10.6 Å². The van der Waals surface area contributed by atoms with Gasteiger partial charge in [-0.3, -0.25) is 9.88 Å². The van der Waals surface area contributed by atoms with Gasteiger partial charge in [0, 0.05) is 6.20 Å². The van der Waals surface area contributed by atoms with Gasteiger partial charge < -0.3 is 4.74 Å². The fourth-order valence-electron chi connectivity index (χ4n) is 2.06. The van der Waals surface area contributed by atoms with Crippen LogP contribution in [0, 0.1) is 0 Å². The van der Waals surface area contributed by atoms with Crippen LogP contribution >= 0.6 is 0 Å². The molecule has 2 aromatic heterocycles. The first kappa shape index (κ1) is 15.0. The third-order valence-electron chi connectivity index (χ3n) is 2.94. The average molecular weight is 311 g/mol. The fraction of sp³-hybridized carbons (Fsp3) is 0.250. The number of anilines is 1. The number of carbonyl (C=O) groups is 1. The lowest BCUT2D eigenvalue weighted by atomic mass is 10.2. The van der Waals surface area contributed by atoms with Crippen LogP contribution in [0.5, 0.6) is 0 Å². The molecule has 1 amide bonds. The molecule has 0 aliphatic heterocycles. The highest BCUT2D eigenvalue weighted by Gasteiger charge is 2.17. The molecule has 0 aliphatic rings. The van der Waals surface area contributed by atoms with Crippen LogP contribution in [0.3, 0.4) is 0 Å². The van der Waals surface area contributed by atoms with Crippen LogP contribution in [0.15, 0.2) is 42.9 Å². The number of carbonyl (C=O) groups excluding carboxylic acids is 1. The quantitative estimate of drug-likeness (QED) is 0.786. The van der Waals surface area contributed by atoms with Gasteiger partial charge in [0.15, 0.2) is 0 Å². The fourth-order valence-corrected chi connectivity index (χ4v) is 2.06. The van der Waals surface area contributed by atoms with Crippen LogP contribution in [-0.2, 0) is 4.74 Å². The third-order valence-corrected chi connectivity index (χ3v) is 2.94. The highest BCUT2D eigenvalue weighted by Crippen LogP contribution is 2.16. The van der Waals surface area contributed by atoms with E-state index in [9.17, 15) is 4.79 Å². The van der Waals surface area contributed by atoms with E-state index in [1.807, 2.05) is 24.3 Å². The van der Waals surface area contributed by atoms with Gasteiger partial charge >= 0.3 is 6.09 Å². The van der Waals surface area contributed by atoms with Gasteiger partial charge in [-0.1, -0.05) is 12.1 Å². The highest BCUT2D eigenvalue weighted by atomic mass is 16.6. The molecule has 0 atom stereocenters. The van der Waals surface area contributed by atoms with E-state index in [1.54, 1.807) is 43.9 Å². The molecule has 0 fully saturated rings. The Morgan fingerprint density at radius 2 is 1.96 bits per heavy atom. The van der Waals surface area contributed by atoms with Crippen LogP contribution in [-0.4, -0.2) is 31.2 Å². The highest BCUT2D eigenvalue weighted by molar-refractivity contribution is 5.83. The van der Waals surface area contributed by atoms with Crippen LogP contribution in [0.25, 0.3) is 17.0 Å². The Balaban J connectivity index is 1.87. The number of hydrogen-bond donors (Lipinski definition) is 1. The monoisotopic (exact) mass is 311 g/mol. The summed E-state index contributed by atoms with van der Waals surface area (Å²) in [5.41, 5.74) is 1.17. The summed E-state index contributed by atoms with van der Waals surface area (Å²) in [5, 5.41) is 2.60. The van der Waals surface area contributed by atoms with Crippen molar-refractivity contribution in [2.24, 2.45) is 0 Å². The molecule has 0 spiro atoms. The predicted octanol–water partition coefficient (Wildman–Crippen LogP) is 3.16. The lowest BCUT2D eigenvalue weighted by Gasteiger charge is -2.19. The minimum atomic E-state index is -0.569. The third kappa shape index (κ3) is 3.45. The first-order chi connectivity index (χ1) is 10.9. The molecule has 7 nitrogen and oxygen atoms in total. The summed E-state index contributed by atoms with van der Waals surface area (Å²) in [6.45, 7) is 5.40. The number of nitrogens with one attached hydrogen (secondary N) is 1. The van der Waals surface area contributed by atoms with E-state index in [-0.39, 0.29) is 0 Å². The van der Waals surface area contributed by atoms with Gasteiger partial charge in [-0.05, 0) is 39.0 Å². The average Bonchev–Trinajstić information content (AvgIpc) is 2.89. The number of ether oxygens (including phenoxy) is 1. The van der Waals surface area contributed by atoms with Crippen molar-refractivity contribution >= 4 is 22.9 Å². The zero-order valence-electron chi connectivity index (χ0n) is 13.1. The van der Waals surface area contributed by atoms with Crippen molar-refractivity contribution in [1.82, 2.24) is 19.5 Å². The number of amides is 1. The zero-order chi connectivity index (χ0) is 16.4. The SMILES string of the molecule is CC(C)(C)OC(=O)Nc1ccnc(-n2cnc3ccccc32)n1. The molecule has 23 heavy (non-hydrogen) atoms. The van der Waals surface area contributed by atoms with Crippen molar-refractivity contribution < 1.29 is 9.53 Å². The summed E-state index contributed by atoms with van der Waals surface area (Å²) in [5.74, 6) is 0.786. The molecule has 0 saturated carbocycles. The summed E-state index contributed by atoms with van der Waals surface area (Å²) in [7, 11) is 0. The zero-order valence-corrected chi connectivity index (χ0v) is 13.1. The second-order valence-electron chi connectivity index (χ2n) is 5.97. The van der Waals surface area contributed by atoms with Gasteiger partial charge in [-0.15, -0.1) is 0 Å². The molecule has 0 aliphatic carbocycles. The molecule has 1 aromatic carbocycles. The number of aromatic nitrogens is 4. The molecule has 0 radical (unpaired) electrons. The minimum Gasteiger partial charge on any atom is -0.444 e. The Kier molecular flexibility index (Phi) is 3.69. The van der Waals surface area contributed by atoms with Crippen LogP contribution < -0.4 is 5.32 Å². The standard InChI is InChI=1S/C16H17N5O2/c1-16(2,3)23-15(22)20-13-8-9-17-14(19-13)21-10-18-11-6-4-5-7-12(11)21/h4-10H,1-3H3,(H,17,19,20,22). The number of benzene rings is 1. The summed E-state index contributed by atoms with van der Waals surface area (Å²) < 4.78 is 6.97. The summed E-state index contributed by atoms with van der Waals surface area (Å²) in [6, 6.07) is 9.28. The number of hydrogen-bond acceptors (Lipinski definition) is 5. The van der Waals surface area contributed by atoms with Crippen LogP contribution in [0.2, 0.25) is 0 Å². The normalized spacial score (nSPS) is 11.4. The maximum atomic E-state index is 11.8. The van der Waals surface area contributed by atoms with Crippen molar-refractivity contribution in [2.45, 2.75) is 26.4 Å². The summed E-state index contributed by atoms with van der Waals surface area (Å²) >= 11 is 0. The van der Waals surface area contributed by atoms with E-state index in [0.717, 1.165) is 11.0 Å². The molecule has 0 bridgehead atoms. The van der Waals surface area contributed by atoms with Crippen molar-refractivity contribution in [3.63, 3.8) is 0 Å². The van der Waals surface area contributed by atoms with Gasteiger partial charge in [0.05, 0.1) is 11.0 Å². The molecule has 118 valence electrons. The molecule has 0 unspecified atom stereocenters. The smallest absolute Gasteiger partial charge is 0.413 e. The second-order valence-corrected chi connectivity index (χ2v) is 5.97. The van der Waals surface area contributed by atoms with E-state index < -0.39 is 11.7 Å². The Bertz CT molecular complexity index is 851. The molecule has 2 heterocycles. The molecular formula is C16H17N5O2. The largest absolute Gasteiger partial charge is 0.444 e. The number of rotatable bonds is 2. The molecule has 7 heteroatoms. The van der Waals surface area contributed by atoms with Gasteiger partial charge in [0.2, 0.25) is 5.95 Å². The Hall–Kier alpha value is -2.96. The van der Waals surface area contributed by atoms with E-state index in [0.29, 0.717) is 11.8 Å². The lowest BCUT2D eigenvalue weighted by Crippen LogP contribution is -2.27. The van der Waals surface area contributed by atoms with Crippen molar-refractivity contribution in [3.8, 4) is 5.95 Å². The van der Waals surface area contributed by atoms with Gasteiger partial charge in [0.1, 0.15) is 17.7 Å². The van der Waals surface area contributed by atoms with Gasteiger partial charge in [0.25, 0.3) is 0 Å². The second kappa shape index (κ2) is 5.68. The first-order valence-electron chi connectivity index (χ1n) is 7.18. The van der Waals surface area contributed by atoms with Crippen LogP contribution in [0.1, 0.15) is 20.8 Å². The Morgan fingerprint density at radius 3 is 2.74 bits per heavy atom.